The van der Waals surface area contributed by atoms with Gasteiger partial charge >= 0.3 is 0 Å². The van der Waals surface area contributed by atoms with E-state index in [1.807, 2.05) is 0 Å². The van der Waals surface area contributed by atoms with Gasteiger partial charge in [-0.2, -0.15) is 0 Å². The monoisotopic (exact) mass is 349 g/mol. The van der Waals surface area contributed by atoms with E-state index in [9.17, 15) is 9.59 Å². The largest absolute Gasteiger partial charge is 0.279 e. The summed E-state index contributed by atoms with van der Waals surface area (Å²) in [5, 5.41) is 0.540. The molecule has 1 aromatic rings. The predicted octanol–water partition coefficient (Wildman–Crippen LogP) is 2.71. The summed E-state index contributed by atoms with van der Waals surface area (Å²) in [5.74, 6) is -0.347. The van der Waals surface area contributed by atoms with Gasteiger partial charge in [-0.15, -0.1) is 0 Å². The summed E-state index contributed by atoms with van der Waals surface area (Å²) >= 11 is 8.03. The molecule has 1 aliphatic rings. The lowest BCUT2D eigenvalue weighted by Gasteiger charge is -2.13. The highest BCUT2D eigenvalue weighted by molar-refractivity contribution is 14.1. The molecule has 1 aromatic carbocycles. The second kappa shape index (κ2) is 4.71. The van der Waals surface area contributed by atoms with Crippen molar-refractivity contribution in [2.24, 2.45) is 0 Å². The number of rotatable bonds is 1. The Labute approximate surface area is 112 Å². The minimum absolute atomic E-state index is 0.0975. The number of carbonyl (C=O) groups excluding carboxylic acids is 2. The van der Waals surface area contributed by atoms with E-state index in [1.165, 1.54) is 4.90 Å². The van der Waals surface area contributed by atoms with E-state index in [-0.39, 0.29) is 11.8 Å². The molecule has 3 nitrogen and oxygen atoms in total. The predicted molar refractivity (Wildman–Crippen MR) is 69.4 cm³/mol. The normalized spacial score (nSPS) is 15.6. The second-order valence-corrected chi connectivity index (χ2v) is 5.15. The molecule has 5 heteroatoms. The van der Waals surface area contributed by atoms with Crippen LogP contribution in [0.5, 0.6) is 0 Å². The van der Waals surface area contributed by atoms with Crippen LogP contribution in [0.4, 0.5) is 0 Å². The molecular formula is C11H9ClINO2. The molecule has 1 saturated heterocycles. The maximum atomic E-state index is 12.0. The van der Waals surface area contributed by atoms with Crippen molar-refractivity contribution >= 4 is 46.0 Å². The first kappa shape index (κ1) is 11.9. The van der Waals surface area contributed by atoms with Gasteiger partial charge < -0.3 is 0 Å². The first-order chi connectivity index (χ1) is 7.59. The van der Waals surface area contributed by atoms with E-state index in [0.29, 0.717) is 23.6 Å². The van der Waals surface area contributed by atoms with Crippen molar-refractivity contribution in [3.63, 3.8) is 0 Å². The van der Waals surface area contributed by atoms with Crippen LogP contribution < -0.4 is 0 Å². The summed E-state index contributed by atoms with van der Waals surface area (Å²) in [6, 6.07) is 5.08. The summed E-state index contributed by atoms with van der Waals surface area (Å²) in [6.07, 6.45) is 1.21. The minimum Gasteiger partial charge on any atom is -0.279 e. The zero-order valence-electron chi connectivity index (χ0n) is 8.37. The van der Waals surface area contributed by atoms with E-state index in [4.69, 9.17) is 11.6 Å². The van der Waals surface area contributed by atoms with E-state index < -0.39 is 0 Å². The Morgan fingerprint density at radius 2 is 2.19 bits per heavy atom. The minimum atomic E-state index is -0.249. The Bertz CT molecular complexity index is 461. The Morgan fingerprint density at radius 3 is 2.75 bits per heavy atom. The van der Waals surface area contributed by atoms with Gasteiger partial charge in [-0.25, -0.2) is 0 Å². The van der Waals surface area contributed by atoms with Gasteiger partial charge in [0.15, 0.2) is 0 Å². The van der Waals surface area contributed by atoms with Crippen LogP contribution in [0, 0.1) is 3.57 Å². The van der Waals surface area contributed by atoms with Crippen LogP contribution in [0.2, 0.25) is 5.02 Å². The molecule has 0 radical (unpaired) electrons. The van der Waals surface area contributed by atoms with Gasteiger partial charge in [0.25, 0.3) is 5.91 Å². The lowest BCUT2D eigenvalue weighted by Crippen LogP contribution is -2.31. The van der Waals surface area contributed by atoms with Crippen molar-refractivity contribution in [1.82, 2.24) is 4.90 Å². The second-order valence-electron chi connectivity index (χ2n) is 3.58. The molecule has 1 aliphatic heterocycles. The summed E-state index contributed by atoms with van der Waals surface area (Å²) < 4.78 is 0.892. The standard InChI is InChI=1S/C11H9ClINO2/c12-8-6-7(3-4-9(8)13)11(16)14-5-1-2-10(14)15/h3-4,6H,1-2,5H2. The van der Waals surface area contributed by atoms with Gasteiger partial charge in [0.1, 0.15) is 0 Å². The topological polar surface area (TPSA) is 37.4 Å². The molecule has 0 aliphatic carbocycles. The van der Waals surface area contributed by atoms with Crippen molar-refractivity contribution < 1.29 is 9.59 Å². The molecule has 0 saturated carbocycles. The summed E-state index contributed by atoms with van der Waals surface area (Å²) in [6.45, 7) is 0.515. The first-order valence-electron chi connectivity index (χ1n) is 4.89. The van der Waals surface area contributed by atoms with Crippen molar-refractivity contribution in [2.45, 2.75) is 12.8 Å². The molecule has 0 unspecified atom stereocenters. The number of imide groups is 1. The third-order valence-electron chi connectivity index (χ3n) is 2.49. The zero-order chi connectivity index (χ0) is 11.7. The lowest BCUT2D eigenvalue weighted by molar-refractivity contribution is -0.125. The highest BCUT2D eigenvalue weighted by atomic mass is 127. The molecule has 0 atom stereocenters. The van der Waals surface area contributed by atoms with Crippen LogP contribution in [0.15, 0.2) is 18.2 Å². The third-order valence-corrected chi connectivity index (χ3v) is 4.06. The van der Waals surface area contributed by atoms with E-state index >= 15 is 0 Å². The van der Waals surface area contributed by atoms with Crippen molar-refractivity contribution in [3.8, 4) is 0 Å². The van der Waals surface area contributed by atoms with Crippen LogP contribution in [-0.2, 0) is 4.79 Å². The molecule has 0 bridgehead atoms. The molecular weight excluding hydrogens is 340 g/mol. The SMILES string of the molecule is O=C1CCCN1C(=O)c1ccc(I)c(Cl)c1. The lowest BCUT2D eigenvalue weighted by atomic mass is 10.2. The van der Waals surface area contributed by atoms with E-state index in [0.717, 1.165) is 9.99 Å². The quantitative estimate of drug-likeness (QED) is 0.577. The third kappa shape index (κ3) is 2.22. The number of hydrogen-bond acceptors (Lipinski definition) is 2. The molecule has 1 fully saturated rings. The van der Waals surface area contributed by atoms with Gasteiger partial charge in [-0.1, -0.05) is 11.6 Å². The molecule has 2 amide bonds. The first-order valence-corrected chi connectivity index (χ1v) is 6.35. The molecule has 84 valence electrons. The molecule has 0 spiro atoms. The number of benzene rings is 1. The van der Waals surface area contributed by atoms with Gasteiger partial charge in [-0.3, -0.25) is 14.5 Å². The molecule has 16 heavy (non-hydrogen) atoms. The van der Waals surface area contributed by atoms with Crippen molar-refractivity contribution in [3.05, 3.63) is 32.4 Å². The Morgan fingerprint density at radius 1 is 1.44 bits per heavy atom. The Balaban J connectivity index is 2.27. The van der Waals surface area contributed by atoms with Gasteiger partial charge in [0, 0.05) is 22.1 Å². The smallest absolute Gasteiger partial charge is 0.260 e. The highest BCUT2D eigenvalue weighted by Gasteiger charge is 2.27. The summed E-state index contributed by atoms with van der Waals surface area (Å²) in [4.78, 5) is 24.7. The van der Waals surface area contributed by atoms with Crippen LogP contribution in [0.3, 0.4) is 0 Å². The summed E-state index contributed by atoms with van der Waals surface area (Å²) in [7, 11) is 0. The van der Waals surface area contributed by atoms with E-state index in [2.05, 4.69) is 22.6 Å². The molecule has 0 N–H and O–H groups in total. The molecule has 0 aromatic heterocycles. The van der Waals surface area contributed by atoms with Crippen LogP contribution in [0.25, 0.3) is 0 Å². The number of hydrogen-bond donors (Lipinski definition) is 0. The average Bonchev–Trinajstić information content (AvgIpc) is 2.67. The van der Waals surface area contributed by atoms with Crippen LogP contribution in [-0.4, -0.2) is 23.3 Å². The van der Waals surface area contributed by atoms with Crippen molar-refractivity contribution in [2.75, 3.05) is 6.54 Å². The average molecular weight is 350 g/mol. The fraction of sp³-hybridized carbons (Fsp3) is 0.273. The number of halogens is 2. The summed E-state index contributed by atoms with van der Waals surface area (Å²) in [5.41, 5.74) is 0.473. The number of likely N-dealkylation sites (tertiary alicyclic amines) is 1. The zero-order valence-corrected chi connectivity index (χ0v) is 11.3. The van der Waals surface area contributed by atoms with Crippen LogP contribution in [0.1, 0.15) is 23.2 Å². The van der Waals surface area contributed by atoms with Crippen molar-refractivity contribution in [1.29, 1.82) is 0 Å². The number of nitrogens with zero attached hydrogens (tertiary/aromatic N) is 1. The van der Waals surface area contributed by atoms with Gasteiger partial charge in [0.05, 0.1) is 5.02 Å². The molecule has 2 rings (SSSR count). The highest BCUT2D eigenvalue weighted by Crippen LogP contribution is 2.21. The fourth-order valence-corrected chi connectivity index (χ4v) is 2.16. The Hall–Kier alpha value is -0.620. The van der Waals surface area contributed by atoms with Gasteiger partial charge in [0.2, 0.25) is 5.91 Å². The van der Waals surface area contributed by atoms with E-state index in [1.54, 1.807) is 18.2 Å². The number of amides is 2. The maximum Gasteiger partial charge on any atom is 0.260 e. The van der Waals surface area contributed by atoms with Crippen LogP contribution >= 0.6 is 34.2 Å². The van der Waals surface area contributed by atoms with Gasteiger partial charge in [-0.05, 0) is 47.2 Å². The molecule has 1 heterocycles. The maximum absolute atomic E-state index is 12.0. The Kier molecular flexibility index (Phi) is 3.49. The fourth-order valence-electron chi connectivity index (χ4n) is 1.65. The number of carbonyl (C=O) groups is 2.